The molecule has 0 heteroatoms. The Kier molecular flexibility index (Phi) is 4.15. The van der Waals surface area contributed by atoms with E-state index in [1.54, 1.807) is 0 Å². The molecule has 2 atom stereocenters. The van der Waals surface area contributed by atoms with Gasteiger partial charge in [0.05, 0.1) is 10.8 Å². The Bertz CT molecular complexity index is 2080. The van der Waals surface area contributed by atoms with Crippen LogP contribution in [0, 0.1) is 0 Å². The fraction of sp³-hybridized carbons (Fsp3) is 0.0476. The highest BCUT2D eigenvalue weighted by atomic mass is 14.6. The highest BCUT2D eigenvalue weighted by molar-refractivity contribution is 6.15. The van der Waals surface area contributed by atoms with E-state index in [1.807, 2.05) is 0 Å². The van der Waals surface area contributed by atoms with Crippen LogP contribution in [0.15, 0.2) is 158 Å². The van der Waals surface area contributed by atoms with E-state index in [-0.39, 0.29) is 0 Å². The Morgan fingerprint density at radius 1 is 0.286 bits per heavy atom. The lowest BCUT2D eigenvalue weighted by molar-refractivity contribution is 0.639. The van der Waals surface area contributed by atoms with E-state index in [9.17, 15) is 0 Å². The molecule has 0 heterocycles. The highest BCUT2D eigenvalue weighted by Crippen LogP contribution is 2.71. The normalized spacial score (nSPS) is 20.1. The molecule has 0 amide bonds. The summed E-state index contributed by atoms with van der Waals surface area (Å²) in [6.07, 6.45) is 0. The van der Waals surface area contributed by atoms with Gasteiger partial charge in [-0.15, -0.1) is 0 Å². The molecule has 10 rings (SSSR count). The Labute approximate surface area is 245 Å². The topological polar surface area (TPSA) is 0 Å². The fourth-order valence-corrected chi connectivity index (χ4v) is 9.06. The fourth-order valence-electron chi connectivity index (χ4n) is 9.06. The van der Waals surface area contributed by atoms with E-state index in [1.165, 1.54) is 77.5 Å². The Hall–Kier alpha value is -5.20. The van der Waals surface area contributed by atoms with Crippen LogP contribution in [0.5, 0.6) is 0 Å². The van der Waals surface area contributed by atoms with Crippen LogP contribution in [-0.2, 0) is 10.8 Å². The summed E-state index contributed by atoms with van der Waals surface area (Å²) in [5.74, 6) is 0. The lowest BCUT2D eigenvalue weighted by Gasteiger charge is -2.48. The molecule has 0 spiro atoms. The molecule has 3 aliphatic carbocycles. The zero-order valence-electron chi connectivity index (χ0n) is 23.0. The van der Waals surface area contributed by atoms with E-state index < -0.39 is 10.8 Å². The van der Waals surface area contributed by atoms with Gasteiger partial charge in [0.1, 0.15) is 0 Å². The van der Waals surface area contributed by atoms with Crippen LogP contribution in [0.2, 0.25) is 0 Å². The highest BCUT2D eigenvalue weighted by Gasteiger charge is 2.61. The molecule has 0 nitrogen and oxygen atoms in total. The van der Waals surface area contributed by atoms with Crippen molar-refractivity contribution in [1.29, 1.82) is 0 Å². The van der Waals surface area contributed by atoms with Gasteiger partial charge in [0, 0.05) is 0 Å². The summed E-state index contributed by atoms with van der Waals surface area (Å²) in [5, 5.41) is 2.68. The maximum Gasteiger partial charge on any atom is 0.0720 e. The van der Waals surface area contributed by atoms with Crippen LogP contribution in [-0.4, -0.2) is 0 Å². The maximum absolute atomic E-state index is 2.41. The van der Waals surface area contributed by atoms with Crippen molar-refractivity contribution >= 4 is 10.8 Å². The zero-order chi connectivity index (χ0) is 27.5. The quantitative estimate of drug-likeness (QED) is 0.209. The van der Waals surface area contributed by atoms with E-state index in [4.69, 9.17) is 0 Å². The number of hydrogen-bond acceptors (Lipinski definition) is 0. The lowest BCUT2D eigenvalue weighted by Crippen LogP contribution is -2.43. The van der Waals surface area contributed by atoms with Crippen LogP contribution >= 0.6 is 0 Å². The van der Waals surface area contributed by atoms with Gasteiger partial charge in [0.25, 0.3) is 0 Å². The summed E-state index contributed by atoms with van der Waals surface area (Å²) in [4.78, 5) is 0. The molecule has 0 saturated carbocycles. The average molecular weight is 531 g/mol. The first-order chi connectivity index (χ1) is 20.9. The molecule has 0 N–H and O–H groups in total. The summed E-state index contributed by atoms with van der Waals surface area (Å²) in [6.45, 7) is 0. The van der Waals surface area contributed by atoms with Crippen LogP contribution in [0.25, 0.3) is 33.0 Å². The Morgan fingerprint density at radius 2 is 0.619 bits per heavy atom. The molecule has 2 unspecified atom stereocenters. The van der Waals surface area contributed by atoms with Crippen molar-refractivity contribution in [3.8, 4) is 22.3 Å². The van der Waals surface area contributed by atoms with Crippen molar-refractivity contribution in [2.75, 3.05) is 0 Å². The second-order valence-electron chi connectivity index (χ2n) is 11.9. The summed E-state index contributed by atoms with van der Waals surface area (Å²) >= 11 is 0. The van der Waals surface area contributed by atoms with Crippen LogP contribution in [0.3, 0.4) is 0 Å². The minimum Gasteiger partial charge on any atom is -0.0622 e. The lowest BCUT2D eigenvalue weighted by atomic mass is 9.53. The van der Waals surface area contributed by atoms with Gasteiger partial charge >= 0.3 is 0 Å². The number of benzene rings is 7. The maximum atomic E-state index is 2.41. The average Bonchev–Trinajstić information content (AvgIpc) is 3.56. The molecule has 194 valence electrons. The summed E-state index contributed by atoms with van der Waals surface area (Å²) in [5.41, 5.74) is 15.8. The smallest absolute Gasteiger partial charge is 0.0622 e. The van der Waals surface area contributed by atoms with E-state index in [0.29, 0.717) is 0 Å². The molecule has 0 bridgehead atoms. The molecule has 3 aliphatic rings. The molecule has 7 aromatic rings. The molecule has 7 aromatic carbocycles. The molecule has 0 saturated heterocycles. The first kappa shape index (κ1) is 22.5. The first-order valence-corrected chi connectivity index (χ1v) is 14.9. The molecular weight excluding hydrogens is 504 g/mol. The minimum absolute atomic E-state index is 0.418. The molecular formula is C42H26. The molecule has 0 aliphatic heterocycles. The number of fused-ring (bicyclic) bond motifs is 12. The van der Waals surface area contributed by atoms with Crippen molar-refractivity contribution in [3.05, 3.63) is 202 Å². The monoisotopic (exact) mass is 530 g/mol. The van der Waals surface area contributed by atoms with Gasteiger partial charge in [-0.1, -0.05) is 158 Å². The van der Waals surface area contributed by atoms with Crippen LogP contribution in [0.1, 0.15) is 44.5 Å². The van der Waals surface area contributed by atoms with E-state index in [2.05, 4.69) is 158 Å². The van der Waals surface area contributed by atoms with Gasteiger partial charge in [-0.25, -0.2) is 0 Å². The van der Waals surface area contributed by atoms with E-state index >= 15 is 0 Å². The van der Waals surface area contributed by atoms with Crippen molar-refractivity contribution < 1.29 is 0 Å². The van der Waals surface area contributed by atoms with Crippen LogP contribution < -0.4 is 0 Å². The van der Waals surface area contributed by atoms with Crippen molar-refractivity contribution in [1.82, 2.24) is 0 Å². The van der Waals surface area contributed by atoms with Gasteiger partial charge in [0.15, 0.2) is 0 Å². The SMILES string of the molecule is c1ccc(C23c4ccccc4-c4c2c2c(c5ccccc45)-c4ccccc4C2(c2ccccc2)c2ccccc23)cc1. The van der Waals surface area contributed by atoms with Crippen LogP contribution in [0.4, 0.5) is 0 Å². The zero-order valence-corrected chi connectivity index (χ0v) is 23.0. The van der Waals surface area contributed by atoms with Crippen molar-refractivity contribution in [2.24, 2.45) is 0 Å². The summed E-state index contributed by atoms with van der Waals surface area (Å²) in [6, 6.07) is 59.4. The molecule has 0 aromatic heterocycles. The third kappa shape index (κ3) is 2.32. The second kappa shape index (κ2) is 7.75. The Morgan fingerprint density at radius 3 is 1.05 bits per heavy atom. The molecule has 0 radical (unpaired) electrons. The summed E-state index contributed by atoms with van der Waals surface area (Å²) in [7, 11) is 0. The predicted molar refractivity (Wildman–Crippen MR) is 172 cm³/mol. The molecule has 42 heavy (non-hydrogen) atoms. The first-order valence-electron chi connectivity index (χ1n) is 14.9. The Balaban J connectivity index is 1.58. The largest absolute Gasteiger partial charge is 0.0720 e. The van der Waals surface area contributed by atoms with Gasteiger partial charge in [-0.05, 0) is 77.5 Å². The predicted octanol–water partition coefficient (Wildman–Crippen LogP) is 9.88. The third-order valence-corrected chi connectivity index (χ3v) is 10.3. The van der Waals surface area contributed by atoms with E-state index in [0.717, 1.165) is 0 Å². The number of rotatable bonds is 2. The van der Waals surface area contributed by atoms with Gasteiger partial charge in [-0.3, -0.25) is 0 Å². The second-order valence-corrected chi connectivity index (χ2v) is 11.9. The summed E-state index contributed by atoms with van der Waals surface area (Å²) < 4.78 is 0. The van der Waals surface area contributed by atoms with Gasteiger partial charge < -0.3 is 0 Å². The van der Waals surface area contributed by atoms with Crippen molar-refractivity contribution in [2.45, 2.75) is 10.8 Å². The van der Waals surface area contributed by atoms with Crippen molar-refractivity contribution in [3.63, 3.8) is 0 Å². The van der Waals surface area contributed by atoms with Gasteiger partial charge in [0.2, 0.25) is 0 Å². The van der Waals surface area contributed by atoms with Gasteiger partial charge in [-0.2, -0.15) is 0 Å². The minimum atomic E-state index is -0.418. The third-order valence-electron chi connectivity index (χ3n) is 10.3. The molecule has 0 fully saturated rings. The number of hydrogen-bond donors (Lipinski definition) is 0. The standard InChI is InChI=1S/C42H26/c1-3-15-27(16-4-1)41-33-23-11-9-21-31(33)37-29-19-7-8-20-30(29)38-32-22-10-12-24-34(32)42(40(38)39(37)41,28-17-5-2-6-18-28)36-26-14-13-25-35(36)41/h1-26H.